The van der Waals surface area contributed by atoms with E-state index in [1.807, 2.05) is 30.3 Å². The minimum atomic E-state index is -0.301. The van der Waals surface area contributed by atoms with Crippen LogP contribution in [0.4, 0.5) is 0 Å². The van der Waals surface area contributed by atoms with Crippen LogP contribution in [-0.2, 0) is 17.8 Å². The second-order valence-corrected chi connectivity index (χ2v) is 6.86. The van der Waals surface area contributed by atoms with Crippen molar-refractivity contribution in [2.75, 3.05) is 13.2 Å². The molecule has 9 heteroatoms. The van der Waals surface area contributed by atoms with Crippen molar-refractivity contribution in [3.8, 4) is 0 Å². The molecule has 0 bridgehead atoms. The zero-order valence-electron chi connectivity index (χ0n) is 16.9. The predicted molar refractivity (Wildman–Crippen MR) is 117 cm³/mol. The molecule has 0 saturated heterocycles. The Hall–Kier alpha value is -3.98. The molecular weight excluding hydrogens is 396 g/mol. The van der Waals surface area contributed by atoms with Gasteiger partial charge in [0.1, 0.15) is 0 Å². The van der Waals surface area contributed by atoms with Crippen molar-refractivity contribution >= 4 is 11.9 Å². The Bertz CT molecular complexity index is 1090. The molecule has 2 aromatic heterocycles. The molecule has 0 aliphatic carbocycles. The van der Waals surface area contributed by atoms with Gasteiger partial charge in [0.15, 0.2) is 0 Å². The lowest BCUT2D eigenvalue weighted by molar-refractivity contribution is 0.0779. The van der Waals surface area contributed by atoms with Crippen LogP contribution in [0.3, 0.4) is 0 Å². The molecule has 3 rings (SSSR count). The third kappa shape index (κ3) is 6.79. The van der Waals surface area contributed by atoms with E-state index in [9.17, 15) is 9.59 Å². The third-order valence-corrected chi connectivity index (χ3v) is 4.41. The van der Waals surface area contributed by atoms with Gasteiger partial charge < -0.3 is 15.6 Å². The molecular formula is C22H24N6O3. The largest absolute Gasteiger partial charge is 0.368 e. The van der Waals surface area contributed by atoms with Crippen molar-refractivity contribution in [2.45, 2.75) is 13.0 Å². The fourth-order valence-corrected chi connectivity index (χ4v) is 2.94. The van der Waals surface area contributed by atoms with E-state index in [2.05, 4.69) is 15.8 Å². The Kier molecular flexibility index (Phi) is 7.50. The minimum Gasteiger partial charge on any atom is -0.368 e. The fraction of sp³-hybridized carbons (Fsp3) is 0.182. The monoisotopic (exact) mass is 420 g/mol. The SMILES string of the molecule is N=C(N)NOCCNC(=O)c1cncc(Cc2ccc(Cn3ccccc3=O)cc2)c1. The summed E-state index contributed by atoms with van der Waals surface area (Å²) < 4.78 is 1.65. The Morgan fingerprint density at radius 2 is 1.87 bits per heavy atom. The summed E-state index contributed by atoms with van der Waals surface area (Å²) in [7, 11) is 0. The fourth-order valence-electron chi connectivity index (χ4n) is 2.94. The topological polar surface area (TPSA) is 135 Å². The van der Waals surface area contributed by atoms with Gasteiger partial charge in [-0.3, -0.25) is 24.8 Å². The van der Waals surface area contributed by atoms with E-state index < -0.39 is 0 Å². The number of amides is 1. The lowest BCUT2D eigenvalue weighted by atomic mass is 10.0. The second kappa shape index (κ2) is 10.7. The summed E-state index contributed by atoms with van der Waals surface area (Å²) in [6, 6.07) is 14.9. The number of carbonyl (C=O) groups excluding carboxylic acids is 1. The Balaban J connectivity index is 1.55. The summed E-state index contributed by atoms with van der Waals surface area (Å²) in [4.78, 5) is 33.2. The quantitative estimate of drug-likeness (QED) is 0.177. The molecule has 0 aliphatic rings. The average molecular weight is 420 g/mol. The molecule has 1 aromatic carbocycles. The van der Waals surface area contributed by atoms with Gasteiger partial charge in [-0.25, -0.2) is 5.48 Å². The van der Waals surface area contributed by atoms with Crippen LogP contribution >= 0.6 is 0 Å². The number of carbonyl (C=O) groups is 1. The van der Waals surface area contributed by atoms with Crippen LogP contribution in [-0.4, -0.2) is 34.6 Å². The van der Waals surface area contributed by atoms with E-state index in [0.29, 0.717) is 18.5 Å². The van der Waals surface area contributed by atoms with Crippen LogP contribution in [0.15, 0.2) is 71.9 Å². The maximum atomic E-state index is 12.3. The number of nitrogens with one attached hydrogen (secondary N) is 3. The van der Waals surface area contributed by atoms with Crippen LogP contribution in [0.25, 0.3) is 0 Å². The first-order valence-corrected chi connectivity index (χ1v) is 9.68. The van der Waals surface area contributed by atoms with Crippen molar-refractivity contribution in [3.63, 3.8) is 0 Å². The smallest absolute Gasteiger partial charge is 0.252 e. The third-order valence-electron chi connectivity index (χ3n) is 4.41. The van der Waals surface area contributed by atoms with E-state index in [1.165, 1.54) is 6.20 Å². The summed E-state index contributed by atoms with van der Waals surface area (Å²) in [6.07, 6.45) is 5.64. The zero-order valence-corrected chi connectivity index (χ0v) is 16.9. The number of hydrogen-bond donors (Lipinski definition) is 4. The van der Waals surface area contributed by atoms with E-state index in [4.69, 9.17) is 16.0 Å². The molecule has 0 unspecified atom stereocenters. The number of benzene rings is 1. The molecule has 0 radical (unpaired) electrons. The number of guanidine groups is 1. The van der Waals surface area contributed by atoms with Crippen molar-refractivity contribution in [1.82, 2.24) is 20.3 Å². The number of hydroxylamine groups is 1. The summed E-state index contributed by atoms with van der Waals surface area (Å²) in [5, 5.41) is 9.68. The standard InChI is InChI=1S/C22H24N6O3/c23-22(24)27-31-10-8-26-21(30)19-12-18(13-25-14-19)11-16-4-6-17(7-5-16)15-28-9-2-1-3-20(28)29/h1-7,9,12-14H,8,10-11,15H2,(H,26,30)(H4,23,24,27). The van der Waals surface area contributed by atoms with Crippen molar-refractivity contribution in [1.29, 1.82) is 5.41 Å². The molecule has 0 aliphatic heterocycles. The van der Waals surface area contributed by atoms with Gasteiger partial charge in [0.2, 0.25) is 5.96 Å². The molecule has 31 heavy (non-hydrogen) atoms. The van der Waals surface area contributed by atoms with Crippen LogP contribution in [0.5, 0.6) is 0 Å². The van der Waals surface area contributed by atoms with Gasteiger partial charge in [-0.15, -0.1) is 0 Å². The van der Waals surface area contributed by atoms with Gasteiger partial charge in [-0.2, -0.15) is 0 Å². The maximum Gasteiger partial charge on any atom is 0.252 e. The molecule has 2 heterocycles. The Morgan fingerprint density at radius 3 is 2.61 bits per heavy atom. The van der Waals surface area contributed by atoms with Crippen LogP contribution in [0, 0.1) is 5.41 Å². The van der Waals surface area contributed by atoms with Crippen LogP contribution in [0.2, 0.25) is 0 Å². The normalized spacial score (nSPS) is 10.5. The molecule has 160 valence electrons. The molecule has 5 N–H and O–H groups in total. The van der Waals surface area contributed by atoms with E-state index in [1.54, 1.807) is 35.2 Å². The highest BCUT2D eigenvalue weighted by atomic mass is 16.6. The maximum absolute atomic E-state index is 12.3. The number of rotatable bonds is 9. The van der Waals surface area contributed by atoms with E-state index >= 15 is 0 Å². The highest BCUT2D eigenvalue weighted by molar-refractivity contribution is 5.94. The first-order valence-electron chi connectivity index (χ1n) is 9.68. The number of aromatic nitrogens is 2. The van der Waals surface area contributed by atoms with Crippen LogP contribution < -0.4 is 22.1 Å². The van der Waals surface area contributed by atoms with E-state index in [-0.39, 0.29) is 30.6 Å². The molecule has 0 saturated carbocycles. The summed E-state index contributed by atoms with van der Waals surface area (Å²) in [5.74, 6) is -0.560. The molecule has 1 amide bonds. The van der Waals surface area contributed by atoms with Gasteiger partial charge in [-0.1, -0.05) is 30.3 Å². The highest BCUT2D eigenvalue weighted by Crippen LogP contribution is 2.12. The van der Waals surface area contributed by atoms with Crippen molar-refractivity contribution in [2.24, 2.45) is 5.73 Å². The molecule has 0 atom stereocenters. The summed E-state index contributed by atoms with van der Waals surface area (Å²) in [5.41, 5.74) is 10.7. The minimum absolute atomic E-state index is 0.0329. The summed E-state index contributed by atoms with van der Waals surface area (Å²) in [6.45, 7) is 0.942. The van der Waals surface area contributed by atoms with Gasteiger partial charge in [0.25, 0.3) is 11.5 Å². The average Bonchev–Trinajstić information content (AvgIpc) is 2.76. The number of nitrogens with zero attached hydrogens (tertiary/aromatic N) is 2. The number of pyridine rings is 2. The summed E-state index contributed by atoms with van der Waals surface area (Å²) >= 11 is 0. The number of hydrogen-bond acceptors (Lipinski definition) is 5. The Labute approximate surface area is 179 Å². The van der Waals surface area contributed by atoms with Gasteiger partial charge >= 0.3 is 0 Å². The number of nitrogens with two attached hydrogens (primary N) is 1. The molecule has 0 spiro atoms. The van der Waals surface area contributed by atoms with E-state index in [0.717, 1.165) is 16.7 Å². The zero-order chi connectivity index (χ0) is 22.1. The first kappa shape index (κ1) is 21.7. The van der Waals surface area contributed by atoms with Gasteiger partial charge in [0, 0.05) is 31.2 Å². The Morgan fingerprint density at radius 1 is 1.10 bits per heavy atom. The predicted octanol–water partition coefficient (Wildman–Crippen LogP) is 1.03. The second-order valence-electron chi connectivity index (χ2n) is 6.86. The van der Waals surface area contributed by atoms with Gasteiger partial charge in [0.05, 0.1) is 18.7 Å². The lowest BCUT2D eigenvalue weighted by Crippen LogP contribution is -2.34. The molecule has 9 nitrogen and oxygen atoms in total. The highest BCUT2D eigenvalue weighted by Gasteiger charge is 2.07. The molecule has 0 fully saturated rings. The van der Waals surface area contributed by atoms with Gasteiger partial charge in [-0.05, 0) is 35.2 Å². The lowest BCUT2D eigenvalue weighted by Gasteiger charge is -2.09. The van der Waals surface area contributed by atoms with Crippen molar-refractivity contribution in [3.05, 3.63) is 99.7 Å². The van der Waals surface area contributed by atoms with Crippen molar-refractivity contribution < 1.29 is 9.63 Å². The molecule has 3 aromatic rings. The first-order chi connectivity index (χ1) is 15.0. The van der Waals surface area contributed by atoms with Crippen LogP contribution in [0.1, 0.15) is 27.0 Å².